The van der Waals surface area contributed by atoms with Gasteiger partial charge in [-0.2, -0.15) is 0 Å². The van der Waals surface area contributed by atoms with Gasteiger partial charge in [-0.05, 0) is 38.5 Å². The Morgan fingerprint density at radius 1 is 0.679 bits per heavy atom. The molecule has 3 rings (SSSR count). The molecule has 148 valence electrons. The Kier molecular flexibility index (Phi) is 5.77. The average Bonchev–Trinajstić information content (AvgIpc) is 2.67. The number of nitro benzene ring substituents is 2. The summed E-state index contributed by atoms with van der Waals surface area (Å²) in [6.07, 6.45) is 3.74. The molecule has 8 nitrogen and oxygen atoms in total. The Morgan fingerprint density at radius 2 is 1.00 bits per heavy atom. The molecule has 1 aliphatic rings. The van der Waals surface area contributed by atoms with Crippen LogP contribution in [0.2, 0.25) is 0 Å². The summed E-state index contributed by atoms with van der Waals surface area (Å²) < 4.78 is 11.1. The van der Waals surface area contributed by atoms with E-state index >= 15 is 0 Å². The molecule has 0 heterocycles. The molecular formula is C20H22N2O6. The first-order valence-corrected chi connectivity index (χ1v) is 9.13. The zero-order valence-electron chi connectivity index (χ0n) is 15.9. The quantitative estimate of drug-likeness (QED) is 0.576. The fraction of sp³-hybridized carbons (Fsp3) is 0.400. The monoisotopic (exact) mass is 386 g/mol. The molecule has 0 atom stereocenters. The number of fused-ring (bicyclic) bond motifs is 4. The topological polar surface area (TPSA) is 105 Å². The first-order chi connectivity index (χ1) is 13.4. The van der Waals surface area contributed by atoms with Crippen molar-refractivity contribution in [3.05, 3.63) is 66.7 Å². The first kappa shape index (κ1) is 19.6. The number of non-ortho nitro benzene ring substituents is 2. The van der Waals surface area contributed by atoms with Crippen molar-refractivity contribution in [3.8, 4) is 11.5 Å². The molecule has 0 radical (unpaired) electrons. The Bertz CT molecular complexity index is 850. The second kappa shape index (κ2) is 8.24. The van der Waals surface area contributed by atoms with Crippen molar-refractivity contribution < 1.29 is 19.3 Å². The summed E-state index contributed by atoms with van der Waals surface area (Å²) in [7, 11) is 3.12. The minimum Gasteiger partial charge on any atom is -0.496 e. The maximum Gasteiger partial charge on any atom is 0.270 e. The van der Waals surface area contributed by atoms with Crippen molar-refractivity contribution in [2.45, 2.75) is 38.5 Å². The van der Waals surface area contributed by atoms with Crippen molar-refractivity contribution >= 4 is 11.4 Å². The molecule has 0 spiro atoms. The molecule has 0 saturated carbocycles. The van der Waals surface area contributed by atoms with E-state index in [4.69, 9.17) is 9.47 Å². The summed E-state index contributed by atoms with van der Waals surface area (Å²) in [5.74, 6) is 1.33. The van der Waals surface area contributed by atoms with E-state index < -0.39 is 9.85 Å². The highest BCUT2D eigenvalue weighted by Crippen LogP contribution is 2.36. The number of methoxy groups -OCH3 is 2. The molecule has 0 aromatic heterocycles. The third kappa shape index (κ3) is 3.90. The van der Waals surface area contributed by atoms with E-state index in [2.05, 4.69) is 0 Å². The van der Waals surface area contributed by atoms with Crippen LogP contribution in [-0.2, 0) is 25.7 Å². The lowest BCUT2D eigenvalue weighted by atomic mass is 9.93. The number of aryl methyl sites for hydroxylation is 4. The van der Waals surface area contributed by atoms with Gasteiger partial charge in [-0.15, -0.1) is 0 Å². The molecule has 2 aromatic carbocycles. The summed E-state index contributed by atoms with van der Waals surface area (Å²) in [6, 6.07) is 6.22. The van der Waals surface area contributed by atoms with Gasteiger partial charge in [-0.25, -0.2) is 0 Å². The van der Waals surface area contributed by atoms with Gasteiger partial charge in [0.1, 0.15) is 11.5 Å². The van der Waals surface area contributed by atoms with Crippen molar-refractivity contribution in [1.29, 1.82) is 0 Å². The molecule has 8 heteroatoms. The highest BCUT2D eigenvalue weighted by molar-refractivity contribution is 5.53. The molecule has 0 aliphatic heterocycles. The van der Waals surface area contributed by atoms with Gasteiger partial charge in [0.25, 0.3) is 11.4 Å². The lowest BCUT2D eigenvalue weighted by molar-refractivity contribution is -0.385. The number of nitrogens with zero attached hydrogens (tertiary/aromatic N) is 2. The van der Waals surface area contributed by atoms with Crippen LogP contribution in [-0.4, -0.2) is 24.1 Å². The Hall–Kier alpha value is -3.16. The summed E-state index contributed by atoms with van der Waals surface area (Å²) in [6.45, 7) is 0. The number of nitro groups is 2. The first-order valence-electron chi connectivity index (χ1n) is 9.13. The van der Waals surface area contributed by atoms with Crippen LogP contribution in [0.4, 0.5) is 11.4 Å². The second-order valence-electron chi connectivity index (χ2n) is 6.82. The highest BCUT2D eigenvalue weighted by Gasteiger charge is 2.21. The van der Waals surface area contributed by atoms with Gasteiger partial charge in [-0.3, -0.25) is 20.2 Å². The van der Waals surface area contributed by atoms with Crippen LogP contribution in [0, 0.1) is 20.2 Å². The maximum atomic E-state index is 11.4. The minimum atomic E-state index is -0.398. The van der Waals surface area contributed by atoms with Crippen LogP contribution >= 0.6 is 0 Å². The van der Waals surface area contributed by atoms with Crippen LogP contribution in [0.3, 0.4) is 0 Å². The van der Waals surface area contributed by atoms with Crippen molar-refractivity contribution in [1.82, 2.24) is 0 Å². The molecule has 0 saturated heterocycles. The predicted molar refractivity (Wildman–Crippen MR) is 103 cm³/mol. The van der Waals surface area contributed by atoms with Crippen LogP contribution < -0.4 is 9.47 Å². The molecule has 1 aliphatic carbocycles. The molecule has 2 aromatic rings. The number of hydrogen-bond donors (Lipinski definition) is 0. The van der Waals surface area contributed by atoms with Gasteiger partial charge in [0, 0.05) is 46.5 Å². The third-order valence-electron chi connectivity index (χ3n) is 5.09. The average molecular weight is 386 g/mol. The molecule has 28 heavy (non-hydrogen) atoms. The van der Waals surface area contributed by atoms with Crippen LogP contribution in [0.25, 0.3) is 0 Å². The smallest absolute Gasteiger partial charge is 0.270 e. The maximum absolute atomic E-state index is 11.4. The van der Waals surface area contributed by atoms with E-state index in [0.717, 1.165) is 35.1 Å². The van der Waals surface area contributed by atoms with Gasteiger partial charge in [-0.1, -0.05) is 0 Å². The van der Waals surface area contributed by atoms with E-state index in [1.54, 1.807) is 26.4 Å². The summed E-state index contributed by atoms with van der Waals surface area (Å²) in [4.78, 5) is 21.9. The van der Waals surface area contributed by atoms with E-state index in [9.17, 15) is 20.2 Å². The molecular weight excluding hydrogens is 364 g/mol. The van der Waals surface area contributed by atoms with Crippen LogP contribution in [0.15, 0.2) is 24.3 Å². The molecule has 4 bridgehead atoms. The zero-order valence-corrected chi connectivity index (χ0v) is 15.9. The van der Waals surface area contributed by atoms with E-state index in [0.29, 0.717) is 37.2 Å². The lowest BCUT2D eigenvalue weighted by Gasteiger charge is -2.18. The zero-order chi connectivity index (χ0) is 20.3. The third-order valence-corrected chi connectivity index (χ3v) is 5.09. The predicted octanol–water partition coefficient (Wildman–Crippen LogP) is 4.18. The number of rotatable bonds is 4. The van der Waals surface area contributed by atoms with Crippen LogP contribution in [0.5, 0.6) is 11.5 Å². The molecule has 0 fully saturated rings. The summed E-state index contributed by atoms with van der Waals surface area (Å²) in [5, 5.41) is 22.7. The molecule has 0 amide bonds. The second-order valence-corrected chi connectivity index (χ2v) is 6.82. The van der Waals surface area contributed by atoms with Crippen molar-refractivity contribution in [3.63, 3.8) is 0 Å². The minimum absolute atomic E-state index is 0.0366. The fourth-order valence-electron chi connectivity index (χ4n) is 3.85. The molecule has 0 N–H and O–H groups in total. The normalized spacial score (nSPS) is 13.8. The van der Waals surface area contributed by atoms with Gasteiger partial charge in [0.05, 0.1) is 24.1 Å². The number of ether oxygens (including phenoxy) is 2. The van der Waals surface area contributed by atoms with Gasteiger partial charge < -0.3 is 9.47 Å². The van der Waals surface area contributed by atoms with Gasteiger partial charge in [0.2, 0.25) is 0 Å². The highest BCUT2D eigenvalue weighted by atomic mass is 16.6. The van der Waals surface area contributed by atoms with Gasteiger partial charge >= 0.3 is 0 Å². The molecule has 0 unspecified atom stereocenters. The van der Waals surface area contributed by atoms with E-state index in [-0.39, 0.29) is 11.4 Å². The summed E-state index contributed by atoms with van der Waals surface area (Å²) in [5.41, 5.74) is 3.18. The van der Waals surface area contributed by atoms with Crippen molar-refractivity contribution in [2.24, 2.45) is 0 Å². The standard InChI is InChI=1S/C20H22N2O6/c1-27-19-13-5-3-4-6-14-10-18(22(25)26)12-16(20(14)28-2)8-7-15(19)11-17(9-13)21(23)24/h9-12H,3-8H2,1-2H3. The Balaban J connectivity index is 2.12. The Morgan fingerprint density at radius 3 is 1.29 bits per heavy atom. The fourth-order valence-corrected chi connectivity index (χ4v) is 3.85. The largest absolute Gasteiger partial charge is 0.496 e. The lowest BCUT2D eigenvalue weighted by Crippen LogP contribution is -2.06. The summed E-state index contributed by atoms with van der Waals surface area (Å²) >= 11 is 0. The van der Waals surface area contributed by atoms with Gasteiger partial charge in [0.15, 0.2) is 0 Å². The van der Waals surface area contributed by atoms with E-state index in [1.165, 1.54) is 12.1 Å². The SMILES string of the molecule is COc1c2cc([N+](=O)[O-])cc1CCc1cc([N+](=O)[O-])cc(c1OC)CCCC2. The Labute approximate surface area is 162 Å². The van der Waals surface area contributed by atoms with E-state index in [1.807, 2.05) is 0 Å². The number of benzene rings is 2. The van der Waals surface area contributed by atoms with Crippen molar-refractivity contribution in [2.75, 3.05) is 14.2 Å². The number of hydrogen-bond acceptors (Lipinski definition) is 6. The van der Waals surface area contributed by atoms with Crippen LogP contribution in [0.1, 0.15) is 35.1 Å².